The molecule has 2 saturated carbocycles. The quantitative estimate of drug-likeness (QED) is 0.784. The van der Waals surface area contributed by atoms with Crippen LogP contribution in [0.1, 0.15) is 50.2 Å². The third-order valence-electron chi connectivity index (χ3n) is 5.93. The van der Waals surface area contributed by atoms with Crippen LogP contribution in [0.25, 0.3) is 0 Å². The lowest BCUT2D eigenvalue weighted by molar-refractivity contribution is -0.137. The van der Waals surface area contributed by atoms with Crippen LogP contribution in [-0.4, -0.2) is 18.0 Å². The van der Waals surface area contributed by atoms with Gasteiger partial charge in [-0.3, -0.25) is 4.79 Å². The molecule has 0 aromatic heterocycles. The van der Waals surface area contributed by atoms with Crippen molar-refractivity contribution in [1.29, 1.82) is 0 Å². The highest BCUT2D eigenvalue weighted by atomic mass is 35.5. The van der Waals surface area contributed by atoms with Crippen molar-refractivity contribution >= 4 is 18.3 Å². The fraction of sp³-hybridized carbons (Fsp3) is 0.650. The van der Waals surface area contributed by atoms with E-state index in [1.54, 1.807) is 13.0 Å². The normalized spacial score (nSPS) is 28.8. The van der Waals surface area contributed by atoms with E-state index in [0.717, 1.165) is 37.8 Å². The molecule has 3 nitrogen and oxygen atoms in total. The Morgan fingerprint density at radius 2 is 1.89 bits per heavy atom. The van der Waals surface area contributed by atoms with Crippen molar-refractivity contribution in [2.45, 2.75) is 63.7 Å². The van der Waals surface area contributed by atoms with Crippen LogP contribution in [0.4, 0.5) is 13.2 Å². The summed E-state index contributed by atoms with van der Waals surface area (Å²) in [6.45, 7) is 1.78. The highest BCUT2D eigenvalue weighted by Gasteiger charge is 2.40. The molecule has 3 N–H and O–H groups in total. The zero-order chi connectivity index (χ0) is 18.9. The van der Waals surface area contributed by atoms with E-state index in [4.69, 9.17) is 5.73 Å². The SMILES string of the molecule is CC(Cc1cccc(C(F)(F)F)c1)C(=O)NC1C2CCCC1CC(N)C2.Cl. The summed E-state index contributed by atoms with van der Waals surface area (Å²) < 4.78 is 38.5. The first-order valence-corrected chi connectivity index (χ1v) is 9.46. The molecule has 7 heteroatoms. The first kappa shape index (κ1) is 22.0. The summed E-state index contributed by atoms with van der Waals surface area (Å²) in [6, 6.07) is 5.63. The Hall–Kier alpha value is -1.27. The van der Waals surface area contributed by atoms with Crippen molar-refractivity contribution < 1.29 is 18.0 Å². The van der Waals surface area contributed by atoms with E-state index < -0.39 is 11.7 Å². The van der Waals surface area contributed by atoms with Crippen molar-refractivity contribution in [1.82, 2.24) is 5.32 Å². The van der Waals surface area contributed by atoms with Gasteiger partial charge in [0, 0.05) is 18.0 Å². The number of halogens is 4. The molecule has 0 spiro atoms. The van der Waals surface area contributed by atoms with Gasteiger partial charge in [-0.1, -0.05) is 31.5 Å². The first-order valence-electron chi connectivity index (χ1n) is 9.46. The number of nitrogens with one attached hydrogen (secondary N) is 1. The highest BCUT2D eigenvalue weighted by Crippen LogP contribution is 2.39. The number of amides is 1. The Kier molecular flexibility index (Phi) is 7.20. The zero-order valence-corrected chi connectivity index (χ0v) is 16.3. The Balaban J connectivity index is 0.00000261. The second-order valence-corrected chi connectivity index (χ2v) is 8.02. The third kappa shape index (κ3) is 5.38. The van der Waals surface area contributed by atoms with Crippen molar-refractivity contribution in [2.75, 3.05) is 0 Å². The molecular formula is C20H28ClF3N2O. The number of fused-ring (bicyclic) bond motifs is 2. The third-order valence-corrected chi connectivity index (χ3v) is 5.93. The number of hydrogen-bond acceptors (Lipinski definition) is 2. The van der Waals surface area contributed by atoms with E-state index in [9.17, 15) is 18.0 Å². The molecule has 2 fully saturated rings. The number of benzene rings is 1. The van der Waals surface area contributed by atoms with Crippen LogP contribution >= 0.6 is 12.4 Å². The molecule has 0 radical (unpaired) electrons. The molecule has 1 amide bonds. The van der Waals surface area contributed by atoms with E-state index in [1.807, 2.05) is 0 Å². The van der Waals surface area contributed by atoms with Gasteiger partial charge in [0.15, 0.2) is 0 Å². The summed E-state index contributed by atoms with van der Waals surface area (Å²) in [5.41, 5.74) is 5.99. The summed E-state index contributed by atoms with van der Waals surface area (Å²) >= 11 is 0. The molecule has 152 valence electrons. The van der Waals surface area contributed by atoms with E-state index in [0.29, 0.717) is 23.8 Å². The maximum atomic E-state index is 12.8. The predicted molar refractivity (Wildman–Crippen MR) is 102 cm³/mol. The van der Waals surface area contributed by atoms with Gasteiger partial charge in [0.05, 0.1) is 5.56 Å². The fourth-order valence-electron chi connectivity index (χ4n) is 4.65. The smallest absolute Gasteiger partial charge is 0.353 e. The highest BCUT2D eigenvalue weighted by molar-refractivity contribution is 5.85. The molecule has 27 heavy (non-hydrogen) atoms. The van der Waals surface area contributed by atoms with Crippen LogP contribution in [0.15, 0.2) is 24.3 Å². The average molecular weight is 405 g/mol. The number of alkyl halides is 3. The molecule has 0 heterocycles. The molecule has 3 atom stereocenters. The number of carbonyl (C=O) groups is 1. The Labute approximate surface area is 164 Å². The lowest BCUT2D eigenvalue weighted by Crippen LogP contribution is -2.54. The van der Waals surface area contributed by atoms with Crippen molar-refractivity contribution in [3.05, 3.63) is 35.4 Å². The second kappa shape index (κ2) is 8.82. The van der Waals surface area contributed by atoms with Crippen molar-refractivity contribution in [2.24, 2.45) is 23.5 Å². The summed E-state index contributed by atoms with van der Waals surface area (Å²) in [5.74, 6) is 0.430. The lowest BCUT2D eigenvalue weighted by Gasteiger charge is -2.45. The summed E-state index contributed by atoms with van der Waals surface area (Å²) in [7, 11) is 0. The Morgan fingerprint density at radius 3 is 2.48 bits per heavy atom. The monoisotopic (exact) mass is 404 g/mol. The minimum atomic E-state index is -4.36. The van der Waals surface area contributed by atoms with Gasteiger partial charge in [0.2, 0.25) is 5.91 Å². The minimum Gasteiger partial charge on any atom is -0.353 e. The van der Waals surface area contributed by atoms with Crippen molar-refractivity contribution in [3.63, 3.8) is 0 Å². The van der Waals surface area contributed by atoms with Gasteiger partial charge < -0.3 is 11.1 Å². The summed E-state index contributed by atoms with van der Waals surface area (Å²) in [4.78, 5) is 12.6. The van der Waals surface area contributed by atoms with Gasteiger partial charge >= 0.3 is 6.18 Å². The molecule has 2 aliphatic rings. The van der Waals surface area contributed by atoms with Gasteiger partial charge in [-0.25, -0.2) is 0 Å². The topological polar surface area (TPSA) is 55.1 Å². The molecular weight excluding hydrogens is 377 g/mol. The molecule has 2 aliphatic carbocycles. The van der Waals surface area contributed by atoms with Gasteiger partial charge in [-0.15, -0.1) is 12.4 Å². The van der Waals surface area contributed by atoms with Gasteiger partial charge in [-0.2, -0.15) is 13.2 Å². The van der Waals surface area contributed by atoms with Gasteiger partial charge in [0.25, 0.3) is 0 Å². The van der Waals surface area contributed by atoms with Crippen LogP contribution in [0.5, 0.6) is 0 Å². The molecule has 0 aliphatic heterocycles. The van der Waals surface area contributed by atoms with Crippen molar-refractivity contribution in [3.8, 4) is 0 Å². The zero-order valence-electron chi connectivity index (χ0n) is 15.5. The molecule has 0 saturated heterocycles. The molecule has 1 aromatic rings. The second-order valence-electron chi connectivity index (χ2n) is 8.02. The standard InChI is InChI=1S/C20H27F3N2O.ClH/c1-12(8-13-4-2-7-16(9-13)20(21,22)23)19(26)25-18-14-5-3-6-15(18)11-17(24)10-14;/h2,4,7,9,12,14-15,17-18H,3,5-6,8,10-11,24H2,1H3,(H,25,26);1H. The molecule has 2 bridgehead atoms. The minimum absolute atomic E-state index is 0. The number of carbonyl (C=O) groups excluding carboxylic acids is 1. The lowest BCUT2D eigenvalue weighted by atomic mass is 9.67. The van der Waals surface area contributed by atoms with Crippen LogP contribution in [0, 0.1) is 17.8 Å². The van der Waals surface area contributed by atoms with E-state index in [1.165, 1.54) is 12.5 Å². The molecule has 3 rings (SSSR count). The predicted octanol–water partition coefficient (Wildman–Crippen LogP) is 4.33. The molecule has 1 aromatic carbocycles. The summed E-state index contributed by atoms with van der Waals surface area (Å²) in [6.07, 6.45) is 1.21. The van der Waals surface area contributed by atoms with Crippen LogP contribution in [0.2, 0.25) is 0 Å². The number of rotatable bonds is 4. The number of hydrogen-bond donors (Lipinski definition) is 2. The Morgan fingerprint density at radius 1 is 1.26 bits per heavy atom. The Bertz CT molecular complexity index is 638. The maximum Gasteiger partial charge on any atom is 0.416 e. The molecule has 3 unspecified atom stereocenters. The van der Waals surface area contributed by atoms with Crippen LogP contribution in [-0.2, 0) is 17.4 Å². The van der Waals surface area contributed by atoms with Crippen LogP contribution < -0.4 is 11.1 Å². The van der Waals surface area contributed by atoms with Gasteiger partial charge in [-0.05, 0) is 55.6 Å². The summed E-state index contributed by atoms with van der Waals surface area (Å²) in [5, 5.41) is 3.19. The fourth-order valence-corrected chi connectivity index (χ4v) is 4.65. The van der Waals surface area contributed by atoms with E-state index in [2.05, 4.69) is 5.32 Å². The van der Waals surface area contributed by atoms with E-state index in [-0.39, 0.29) is 36.3 Å². The number of nitrogens with two attached hydrogens (primary N) is 1. The maximum absolute atomic E-state index is 12.8. The van der Waals surface area contributed by atoms with E-state index >= 15 is 0 Å². The van der Waals surface area contributed by atoms with Gasteiger partial charge in [0.1, 0.15) is 0 Å². The largest absolute Gasteiger partial charge is 0.416 e. The first-order chi connectivity index (χ1) is 12.2. The average Bonchev–Trinajstić information content (AvgIpc) is 2.55. The van der Waals surface area contributed by atoms with Crippen LogP contribution in [0.3, 0.4) is 0 Å².